The summed E-state index contributed by atoms with van der Waals surface area (Å²) in [5, 5.41) is 10.8. The third-order valence-corrected chi connectivity index (χ3v) is 3.79. The van der Waals surface area contributed by atoms with Gasteiger partial charge >= 0.3 is 0 Å². The second-order valence-electron chi connectivity index (χ2n) is 4.33. The van der Waals surface area contributed by atoms with Crippen LogP contribution in [0.25, 0.3) is 0 Å². The number of rotatable bonds is 5. The molecule has 0 aromatic heterocycles. The number of hydrogen-bond acceptors (Lipinski definition) is 5. The zero-order valence-corrected chi connectivity index (χ0v) is 12.2. The lowest BCUT2D eigenvalue weighted by Gasteiger charge is -2.25. The molecule has 1 rings (SSSR count). The Morgan fingerprint density at radius 1 is 1.60 bits per heavy atom. The first-order chi connectivity index (χ1) is 9.31. The van der Waals surface area contributed by atoms with Crippen molar-refractivity contribution in [2.24, 2.45) is 0 Å². The molecule has 1 aromatic carbocycles. The molecule has 0 spiro atoms. The van der Waals surface area contributed by atoms with Crippen LogP contribution in [0.4, 0.5) is 15.8 Å². The molecule has 0 bridgehead atoms. The lowest BCUT2D eigenvalue weighted by molar-refractivity contribution is -0.384. The standard InChI is InChI=1S/C12H16FN3O3S/c1-7(6-20-3)15(2)12(17)10-8(13)4-5-9(11(10)14)16(18)19/h4-5,7H,6,14H2,1-3H3. The predicted molar refractivity (Wildman–Crippen MR) is 77.4 cm³/mol. The van der Waals surface area contributed by atoms with Crippen LogP contribution in [0.2, 0.25) is 0 Å². The van der Waals surface area contributed by atoms with Crippen LogP contribution < -0.4 is 5.73 Å². The van der Waals surface area contributed by atoms with Gasteiger partial charge in [0.1, 0.15) is 17.1 Å². The Hall–Kier alpha value is -1.83. The van der Waals surface area contributed by atoms with Crippen molar-refractivity contribution >= 4 is 29.0 Å². The number of nitrogen functional groups attached to an aromatic ring is 1. The first-order valence-electron chi connectivity index (χ1n) is 5.79. The van der Waals surface area contributed by atoms with E-state index in [9.17, 15) is 19.3 Å². The zero-order chi connectivity index (χ0) is 15.4. The van der Waals surface area contributed by atoms with Crippen molar-refractivity contribution in [1.29, 1.82) is 0 Å². The number of nitro benzene ring substituents is 1. The number of nitro groups is 1. The number of benzene rings is 1. The van der Waals surface area contributed by atoms with Gasteiger partial charge in [0.05, 0.1) is 4.92 Å². The number of nitrogens with two attached hydrogens (primary N) is 1. The molecule has 1 amide bonds. The van der Waals surface area contributed by atoms with Gasteiger partial charge in [0.25, 0.3) is 11.6 Å². The molecule has 0 saturated carbocycles. The minimum atomic E-state index is -0.860. The predicted octanol–water partition coefficient (Wildman–Crippen LogP) is 2.14. The number of carbonyl (C=O) groups is 1. The van der Waals surface area contributed by atoms with E-state index in [1.54, 1.807) is 6.92 Å². The van der Waals surface area contributed by atoms with Gasteiger partial charge in [-0.3, -0.25) is 14.9 Å². The van der Waals surface area contributed by atoms with Crippen molar-refractivity contribution in [3.8, 4) is 0 Å². The van der Waals surface area contributed by atoms with E-state index in [0.717, 1.165) is 12.1 Å². The Kier molecular flexibility index (Phi) is 5.32. The summed E-state index contributed by atoms with van der Waals surface area (Å²) in [6, 6.07) is 1.69. The van der Waals surface area contributed by atoms with Gasteiger partial charge < -0.3 is 10.6 Å². The SMILES string of the molecule is CSCC(C)N(C)C(=O)c1c(F)ccc([N+](=O)[O-])c1N. The highest BCUT2D eigenvalue weighted by molar-refractivity contribution is 7.98. The largest absolute Gasteiger partial charge is 0.392 e. The van der Waals surface area contributed by atoms with E-state index in [4.69, 9.17) is 5.73 Å². The number of amides is 1. The molecule has 1 aromatic rings. The quantitative estimate of drug-likeness (QED) is 0.511. The van der Waals surface area contributed by atoms with Crippen molar-refractivity contribution in [1.82, 2.24) is 4.90 Å². The van der Waals surface area contributed by atoms with E-state index < -0.39 is 33.6 Å². The molecule has 6 nitrogen and oxygen atoms in total. The lowest BCUT2D eigenvalue weighted by Crippen LogP contribution is -2.37. The molecule has 1 atom stereocenters. The number of nitrogens with zero attached hydrogens (tertiary/aromatic N) is 2. The minimum Gasteiger partial charge on any atom is -0.392 e. The maximum atomic E-state index is 13.8. The molecule has 0 aliphatic carbocycles. The van der Waals surface area contributed by atoms with Crippen LogP contribution in [0.5, 0.6) is 0 Å². The summed E-state index contributed by atoms with van der Waals surface area (Å²) < 4.78 is 13.8. The Morgan fingerprint density at radius 2 is 2.20 bits per heavy atom. The van der Waals surface area contributed by atoms with Crippen molar-refractivity contribution in [3.63, 3.8) is 0 Å². The fourth-order valence-electron chi connectivity index (χ4n) is 1.69. The number of anilines is 1. The fraction of sp³-hybridized carbons (Fsp3) is 0.417. The summed E-state index contributed by atoms with van der Waals surface area (Å²) in [7, 11) is 1.51. The van der Waals surface area contributed by atoms with Crippen LogP contribution >= 0.6 is 11.8 Å². The van der Waals surface area contributed by atoms with Gasteiger partial charge in [-0.25, -0.2) is 4.39 Å². The first kappa shape index (κ1) is 16.2. The van der Waals surface area contributed by atoms with Gasteiger partial charge in [0, 0.05) is 24.9 Å². The molecule has 0 aliphatic heterocycles. The molecule has 2 N–H and O–H groups in total. The van der Waals surface area contributed by atoms with Crippen LogP contribution in [0.15, 0.2) is 12.1 Å². The average molecular weight is 301 g/mol. The second kappa shape index (κ2) is 6.56. The Balaban J connectivity index is 3.22. The maximum absolute atomic E-state index is 13.8. The molecule has 1 unspecified atom stereocenters. The first-order valence-corrected chi connectivity index (χ1v) is 7.19. The van der Waals surface area contributed by atoms with Crippen molar-refractivity contribution in [2.45, 2.75) is 13.0 Å². The maximum Gasteiger partial charge on any atom is 0.293 e. The van der Waals surface area contributed by atoms with Crippen LogP contribution in [0.1, 0.15) is 17.3 Å². The smallest absolute Gasteiger partial charge is 0.293 e. The van der Waals surface area contributed by atoms with Gasteiger partial charge in [0.2, 0.25) is 0 Å². The lowest BCUT2D eigenvalue weighted by atomic mass is 10.1. The molecule has 0 heterocycles. The molecule has 20 heavy (non-hydrogen) atoms. The minimum absolute atomic E-state index is 0.143. The van der Waals surface area contributed by atoms with Gasteiger partial charge in [-0.15, -0.1) is 0 Å². The summed E-state index contributed by atoms with van der Waals surface area (Å²) in [5.41, 5.74) is 4.20. The molecule has 110 valence electrons. The monoisotopic (exact) mass is 301 g/mol. The van der Waals surface area contributed by atoms with Crippen molar-refractivity contribution < 1.29 is 14.1 Å². The Morgan fingerprint density at radius 3 is 2.70 bits per heavy atom. The zero-order valence-electron chi connectivity index (χ0n) is 11.4. The summed E-state index contributed by atoms with van der Waals surface area (Å²) in [5.74, 6) is -0.856. The van der Waals surface area contributed by atoms with Crippen molar-refractivity contribution in [3.05, 3.63) is 33.6 Å². The number of halogens is 1. The summed E-state index contributed by atoms with van der Waals surface area (Å²) >= 11 is 1.54. The van der Waals surface area contributed by atoms with E-state index in [-0.39, 0.29) is 6.04 Å². The van der Waals surface area contributed by atoms with E-state index in [1.807, 2.05) is 6.26 Å². The van der Waals surface area contributed by atoms with Crippen LogP contribution in [-0.4, -0.2) is 40.8 Å². The highest BCUT2D eigenvalue weighted by Crippen LogP contribution is 2.28. The Bertz CT molecular complexity index is 539. The summed E-state index contributed by atoms with van der Waals surface area (Å²) in [6.45, 7) is 1.81. The van der Waals surface area contributed by atoms with Crippen molar-refractivity contribution in [2.75, 3.05) is 24.8 Å². The molecule has 0 radical (unpaired) electrons. The van der Waals surface area contributed by atoms with Crippen LogP contribution in [-0.2, 0) is 0 Å². The second-order valence-corrected chi connectivity index (χ2v) is 5.24. The van der Waals surface area contributed by atoms with Crippen LogP contribution in [0, 0.1) is 15.9 Å². The number of carbonyl (C=O) groups excluding carboxylic acids is 1. The molecular formula is C12H16FN3O3S. The summed E-state index contributed by atoms with van der Waals surface area (Å²) in [4.78, 5) is 23.6. The van der Waals surface area contributed by atoms with Gasteiger partial charge in [0.15, 0.2) is 0 Å². The normalized spacial score (nSPS) is 12.0. The molecule has 0 saturated heterocycles. The van der Waals surface area contributed by atoms with E-state index in [0.29, 0.717) is 5.75 Å². The van der Waals surface area contributed by atoms with E-state index >= 15 is 0 Å². The molecule has 8 heteroatoms. The Labute approximate surface area is 120 Å². The van der Waals surface area contributed by atoms with Crippen LogP contribution in [0.3, 0.4) is 0 Å². The van der Waals surface area contributed by atoms with Gasteiger partial charge in [-0.1, -0.05) is 0 Å². The third kappa shape index (κ3) is 3.19. The topological polar surface area (TPSA) is 89.5 Å². The highest BCUT2D eigenvalue weighted by Gasteiger charge is 2.27. The van der Waals surface area contributed by atoms with Gasteiger partial charge in [-0.2, -0.15) is 11.8 Å². The molecule has 0 aliphatic rings. The number of hydrogen-bond donors (Lipinski definition) is 1. The third-order valence-electron chi connectivity index (χ3n) is 2.97. The number of thioether (sulfide) groups is 1. The fourth-order valence-corrected chi connectivity index (χ4v) is 2.39. The van der Waals surface area contributed by atoms with E-state index in [1.165, 1.54) is 23.7 Å². The van der Waals surface area contributed by atoms with E-state index in [2.05, 4.69) is 0 Å². The average Bonchev–Trinajstić information content (AvgIpc) is 2.37. The molecule has 0 fully saturated rings. The summed E-state index contributed by atoms with van der Waals surface area (Å²) in [6.07, 6.45) is 1.89. The highest BCUT2D eigenvalue weighted by atomic mass is 32.2. The van der Waals surface area contributed by atoms with Gasteiger partial charge in [-0.05, 0) is 19.2 Å². The molecular weight excluding hydrogens is 285 g/mol.